The smallest absolute Gasteiger partial charge is 0.0240 e. The highest BCUT2D eigenvalue weighted by molar-refractivity contribution is 5.88. The van der Waals surface area contributed by atoms with E-state index in [-0.39, 0.29) is 0 Å². The molecule has 1 fully saturated rings. The predicted octanol–water partition coefficient (Wildman–Crippen LogP) is 6.23. The van der Waals surface area contributed by atoms with Gasteiger partial charge in [0.2, 0.25) is 0 Å². The molecule has 0 aliphatic carbocycles. The summed E-state index contributed by atoms with van der Waals surface area (Å²) in [5.74, 6) is 0. The van der Waals surface area contributed by atoms with Crippen LogP contribution >= 0.6 is 0 Å². The molecule has 3 aromatic rings. The lowest BCUT2D eigenvalue weighted by Gasteiger charge is -2.22. The Kier molecular flexibility index (Phi) is 4.90. The van der Waals surface area contributed by atoms with Crippen LogP contribution < -0.4 is 0 Å². The van der Waals surface area contributed by atoms with E-state index in [1.165, 1.54) is 64.9 Å². The molecule has 0 atom stereocenters. The second-order valence-corrected chi connectivity index (χ2v) is 7.45. The van der Waals surface area contributed by atoms with Gasteiger partial charge in [-0.25, -0.2) is 0 Å². The van der Waals surface area contributed by atoms with E-state index in [1.54, 1.807) is 0 Å². The highest BCUT2D eigenvalue weighted by atomic mass is 15.1. The molecular formula is C25H27N. The summed E-state index contributed by atoms with van der Waals surface area (Å²) in [6.07, 6.45) is 2.66. The van der Waals surface area contributed by atoms with Gasteiger partial charge >= 0.3 is 0 Å². The van der Waals surface area contributed by atoms with E-state index in [9.17, 15) is 0 Å². The van der Waals surface area contributed by atoms with E-state index in [1.807, 2.05) is 0 Å². The first-order valence-corrected chi connectivity index (χ1v) is 9.70. The molecule has 1 nitrogen and oxygen atoms in total. The molecule has 0 radical (unpaired) electrons. The van der Waals surface area contributed by atoms with Crippen LogP contribution in [-0.4, -0.2) is 18.0 Å². The molecule has 1 heteroatoms. The third kappa shape index (κ3) is 3.32. The zero-order valence-corrected chi connectivity index (χ0v) is 15.8. The molecular weight excluding hydrogens is 314 g/mol. The number of likely N-dealkylation sites (tertiary alicyclic amines) is 1. The van der Waals surface area contributed by atoms with Crippen LogP contribution in [0.4, 0.5) is 0 Å². The number of hydrogen-bond acceptors (Lipinski definition) is 1. The van der Waals surface area contributed by atoms with Crippen molar-refractivity contribution in [2.75, 3.05) is 13.1 Å². The molecule has 3 aromatic carbocycles. The van der Waals surface area contributed by atoms with Gasteiger partial charge in [0, 0.05) is 6.54 Å². The molecule has 0 aromatic heterocycles. The van der Waals surface area contributed by atoms with E-state index >= 15 is 0 Å². The molecule has 26 heavy (non-hydrogen) atoms. The SMILES string of the molecule is Cc1ccccc1-c1cccc(CN2CCCC2)c1-c1ccccc1C. The van der Waals surface area contributed by atoms with Crippen molar-refractivity contribution in [3.05, 3.63) is 83.4 Å². The van der Waals surface area contributed by atoms with Crippen LogP contribution in [-0.2, 0) is 6.54 Å². The summed E-state index contributed by atoms with van der Waals surface area (Å²) in [6, 6.07) is 24.4. The van der Waals surface area contributed by atoms with Crippen LogP contribution in [0.25, 0.3) is 22.3 Å². The Bertz CT molecular complexity index is 904. The normalized spacial score (nSPS) is 14.7. The Balaban J connectivity index is 1.91. The molecule has 0 bridgehead atoms. The van der Waals surface area contributed by atoms with Crippen molar-refractivity contribution in [2.24, 2.45) is 0 Å². The Morgan fingerprint density at radius 2 is 1.23 bits per heavy atom. The average molecular weight is 341 g/mol. The minimum atomic E-state index is 1.05. The lowest BCUT2D eigenvalue weighted by molar-refractivity contribution is 0.332. The van der Waals surface area contributed by atoms with Crippen molar-refractivity contribution < 1.29 is 0 Å². The highest BCUT2D eigenvalue weighted by Crippen LogP contribution is 2.38. The van der Waals surface area contributed by atoms with Gasteiger partial charge in [0.1, 0.15) is 0 Å². The van der Waals surface area contributed by atoms with Crippen molar-refractivity contribution in [3.8, 4) is 22.3 Å². The zero-order valence-electron chi connectivity index (χ0n) is 15.8. The maximum absolute atomic E-state index is 2.60. The van der Waals surface area contributed by atoms with Gasteiger partial charge in [-0.05, 0) is 78.7 Å². The molecule has 4 rings (SSSR count). The molecule has 0 saturated carbocycles. The molecule has 0 spiro atoms. The largest absolute Gasteiger partial charge is 0.299 e. The number of hydrogen-bond donors (Lipinski definition) is 0. The van der Waals surface area contributed by atoms with E-state index in [0.29, 0.717) is 0 Å². The number of aryl methyl sites for hydroxylation is 2. The van der Waals surface area contributed by atoms with Crippen molar-refractivity contribution in [3.63, 3.8) is 0 Å². The summed E-state index contributed by atoms with van der Waals surface area (Å²) < 4.78 is 0. The predicted molar refractivity (Wildman–Crippen MR) is 111 cm³/mol. The third-order valence-electron chi connectivity index (χ3n) is 5.59. The van der Waals surface area contributed by atoms with Gasteiger partial charge in [-0.15, -0.1) is 0 Å². The van der Waals surface area contributed by atoms with Crippen molar-refractivity contribution in [2.45, 2.75) is 33.2 Å². The molecule has 1 heterocycles. The van der Waals surface area contributed by atoms with Crippen molar-refractivity contribution >= 4 is 0 Å². The maximum Gasteiger partial charge on any atom is 0.0240 e. The number of rotatable bonds is 4. The summed E-state index contributed by atoms with van der Waals surface area (Å²) in [5, 5.41) is 0. The zero-order chi connectivity index (χ0) is 17.9. The van der Waals surface area contributed by atoms with Gasteiger partial charge < -0.3 is 0 Å². The molecule has 0 unspecified atom stereocenters. The second kappa shape index (κ2) is 7.47. The fraction of sp³-hybridized carbons (Fsp3) is 0.280. The van der Waals surface area contributed by atoms with Crippen LogP contribution in [0.5, 0.6) is 0 Å². The molecule has 132 valence electrons. The standard InChI is InChI=1S/C25H27N/c1-19-10-3-5-13-22(19)24-15-9-12-21(18-26-16-7-8-17-26)25(24)23-14-6-4-11-20(23)2/h3-6,9-15H,7-8,16-18H2,1-2H3. The fourth-order valence-corrected chi connectivity index (χ4v) is 4.18. The van der Waals surface area contributed by atoms with Crippen molar-refractivity contribution in [1.82, 2.24) is 4.90 Å². The molecule has 0 amide bonds. The summed E-state index contributed by atoms with van der Waals surface area (Å²) in [4.78, 5) is 2.60. The Labute approximate surface area is 157 Å². The Morgan fingerprint density at radius 3 is 1.88 bits per heavy atom. The fourth-order valence-electron chi connectivity index (χ4n) is 4.18. The molecule has 1 aliphatic heterocycles. The summed E-state index contributed by atoms with van der Waals surface area (Å²) in [6.45, 7) is 7.93. The van der Waals surface area contributed by atoms with Crippen LogP contribution in [0.1, 0.15) is 29.5 Å². The maximum atomic E-state index is 2.60. The average Bonchev–Trinajstić information content (AvgIpc) is 3.16. The van der Waals surface area contributed by atoms with Gasteiger partial charge in [0.25, 0.3) is 0 Å². The second-order valence-electron chi connectivity index (χ2n) is 7.45. The van der Waals surface area contributed by atoms with Gasteiger partial charge in [-0.1, -0.05) is 66.7 Å². The summed E-state index contributed by atoms with van der Waals surface area (Å²) in [7, 11) is 0. The molecule has 1 saturated heterocycles. The van der Waals surface area contributed by atoms with Gasteiger partial charge in [0.15, 0.2) is 0 Å². The first-order valence-electron chi connectivity index (χ1n) is 9.70. The first-order chi connectivity index (χ1) is 12.7. The first kappa shape index (κ1) is 17.1. The van der Waals surface area contributed by atoms with Gasteiger partial charge in [-0.3, -0.25) is 4.90 Å². The number of nitrogens with zero attached hydrogens (tertiary/aromatic N) is 1. The van der Waals surface area contributed by atoms with Crippen LogP contribution in [0.2, 0.25) is 0 Å². The monoisotopic (exact) mass is 341 g/mol. The quantitative estimate of drug-likeness (QED) is 0.543. The van der Waals surface area contributed by atoms with Crippen LogP contribution in [0, 0.1) is 13.8 Å². The van der Waals surface area contributed by atoms with Gasteiger partial charge in [0.05, 0.1) is 0 Å². The Morgan fingerprint density at radius 1 is 0.654 bits per heavy atom. The minimum absolute atomic E-state index is 1.05. The van der Waals surface area contributed by atoms with E-state index in [4.69, 9.17) is 0 Å². The topological polar surface area (TPSA) is 3.24 Å². The minimum Gasteiger partial charge on any atom is -0.299 e. The lowest BCUT2D eigenvalue weighted by atomic mass is 9.87. The molecule has 1 aliphatic rings. The third-order valence-corrected chi connectivity index (χ3v) is 5.59. The molecule has 0 N–H and O–H groups in total. The van der Waals surface area contributed by atoms with Gasteiger partial charge in [-0.2, -0.15) is 0 Å². The lowest BCUT2D eigenvalue weighted by Crippen LogP contribution is -2.19. The van der Waals surface area contributed by atoms with E-state index < -0.39 is 0 Å². The number of benzene rings is 3. The summed E-state index contributed by atoms with van der Waals surface area (Å²) >= 11 is 0. The van der Waals surface area contributed by atoms with Crippen molar-refractivity contribution in [1.29, 1.82) is 0 Å². The van der Waals surface area contributed by atoms with Crippen LogP contribution in [0.3, 0.4) is 0 Å². The summed E-state index contributed by atoms with van der Waals surface area (Å²) in [5.41, 5.74) is 9.59. The highest BCUT2D eigenvalue weighted by Gasteiger charge is 2.18. The van der Waals surface area contributed by atoms with E-state index in [2.05, 4.69) is 85.5 Å². The Hall–Kier alpha value is -2.38. The van der Waals surface area contributed by atoms with Crippen LogP contribution in [0.15, 0.2) is 66.7 Å². The van der Waals surface area contributed by atoms with E-state index in [0.717, 1.165) is 6.54 Å².